The third-order valence-electron chi connectivity index (χ3n) is 4.76. The van der Waals surface area contributed by atoms with Crippen LogP contribution in [0.1, 0.15) is 54.6 Å². The molecule has 0 unspecified atom stereocenters. The van der Waals surface area contributed by atoms with E-state index in [0.29, 0.717) is 28.5 Å². The Bertz CT molecular complexity index is 873. The van der Waals surface area contributed by atoms with Crippen molar-refractivity contribution >= 4 is 23.3 Å². The summed E-state index contributed by atoms with van der Waals surface area (Å²) in [5.41, 5.74) is 2.87. The Morgan fingerprint density at radius 1 is 1.07 bits per heavy atom. The molecule has 6 nitrogen and oxygen atoms in total. The van der Waals surface area contributed by atoms with Gasteiger partial charge in [0.1, 0.15) is 5.75 Å². The average molecular weight is 397 g/mol. The minimum absolute atomic E-state index is 0.0961. The maximum absolute atomic E-state index is 12.1. The number of nitrogens with one attached hydrogen (secondary N) is 1. The fourth-order valence-electron chi connectivity index (χ4n) is 2.82. The molecule has 6 heteroatoms. The van der Waals surface area contributed by atoms with E-state index in [9.17, 15) is 14.4 Å². The van der Waals surface area contributed by atoms with E-state index in [1.54, 1.807) is 18.2 Å². The molecule has 0 saturated heterocycles. The second-order valence-electron chi connectivity index (χ2n) is 6.90. The van der Waals surface area contributed by atoms with E-state index in [4.69, 9.17) is 9.47 Å². The molecular formula is C23H27NO5. The number of ketones is 1. The molecule has 154 valence electrons. The number of benzene rings is 2. The zero-order valence-corrected chi connectivity index (χ0v) is 17.3. The van der Waals surface area contributed by atoms with Gasteiger partial charge >= 0.3 is 5.97 Å². The average Bonchev–Trinajstić information content (AvgIpc) is 2.72. The van der Waals surface area contributed by atoms with E-state index in [1.807, 2.05) is 24.3 Å². The van der Waals surface area contributed by atoms with Crippen LogP contribution in [0.2, 0.25) is 0 Å². The smallest absolute Gasteiger partial charge is 0.310 e. The monoisotopic (exact) mass is 397 g/mol. The van der Waals surface area contributed by atoms with Crippen molar-refractivity contribution in [2.45, 2.75) is 39.5 Å². The minimum Gasteiger partial charge on any atom is -0.496 e. The Morgan fingerprint density at radius 3 is 2.34 bits per heavy atom. The number of amides is 1. The van der Waals surface area contributed by atoms with Crippen molar-refractivity contribution in [3.63, 3.8) is 0 Å². The fourth-order valence-corrected chi connectivity index (χ4v) is 2.82. The van der Waals surface area contributed by atoms with Crippen LogP contribution < -0.4 is 10.1 Å². The van der Waals surface area contributed by atoms with E-state index in [2.05, 4.69) is 19.2 Å². The summed E-state index contributed by atoms with van der Waals surface area (Å²) in [5, 5.41) is 2.71. The normalized spacial score (nSPS) is 11.4. The first kappa shape index (κ1) is 22.1. The number of esters is 1. The Labute approximate surface area is 171 Å². The molecule has 1 atom stereocenters. The standard InChI is InChI=1S/C23H27NO5/c1-5-15(2)17-6-9-20(10-7-17)24-22(26)14-29-23(27)13-19-12-18(16(3)25)8-11-21(19)28-4/h6-12,15H,5,13-14H2,1-4H3,(H,24,26)/t15-/m0/s1. The molecule has 0 spiro atoms. The summed E-state index contributed by atoms with van der Waals surface area (Å²) >= 11 is 0. The number of anilines is 1. The van der Waals surface area contributed by atoms with Crippen LogP contribution in [0.15, 0.2) is 42.5 Å². The number of Topliss-reactive ketones (excluding diaryl/α,β-unsaturated/α-hetero) is 1. The van der Waals surface area contributed by atoms with Crippen LogP contribution in [0.3, 0.4) is 0 Å². The van der Waals surface area contributed by atoms with Crippen molar-refractivity contribution in [3.05, 3.63) is 59.2 Å². The molecule has 0 fully saturated rings. The summed E-state index contributed by atoms with van der Waals surface area (Å²) in [7, 11) is 1.48. The predicted octanol–water partition coefficient (Wildman–Crippen LogP) is 4.14. The molecule has 2 rings (SSSR count). The molecule has 2 aromatic rings. The van der Waals surface area contributed by atoms with Crippen LogP contribution in [0.4, 0.5) is 5.69 Å². The SMILES string of the molecule is CC[C@H](C)c1ccc(NC(=O)COC(=O)Cc2cc(C(C)=O)ccc2OC)cc1. The Kier molecular flexibility index (Phi) is 7.95. The van der Waals surface area contributed by atoms with E-state index >= 15 is 0 Å². The lowest BCUT2D eigenvalue weighted by molar-refractivity contribution is -0.146. The highest BCUT2D eigenvalue weighted by Gasteiger charge is 2.14. The number of methoxy groups -OCH3 is 1. The summed E-state index contributed by atoms with van der Waals surface area (Å²) in [6.45, 7) is 5.33. The van der Waals surface area contributed by atoms with Gasteiger partial charge in [-0.2, -0.15) is 0 Å². The highest BCUT2D eigenvalue weighted by molar-refractivity contribution is 5.95. The molecule has 29 heavy (non-hydrogen) atoms. The summed E-state index contributed by atoms with van der Waals surface area (Å²) < 4.78 is 10.3. The third kappa shape index (κ3) is 6.45. The number of ether oxygens (including phenoxy) is 2. The van der Waals surface area contributed by atoms with E-state index in [0.717, 1.165) is 6.42 Å². The van der Waals surface area contributed by atoms with Gasteiger partial charge in [0.2, 0.25) is 0 Å². The highest BCUT2D eigenvalue weighted by Crippen LogP contribution is 2.22. The lowest BCUT2D eigenvalue weighted by Crippen LogP contribution is -2.21. The van der Waals surface area contributed by atoms with E-state index in [-0.39, 0.29) is 18.8 Å². The van der Waals surface area contributed by atoms with Gasteiger partial charge in [-0.25, -0.2) is 0 Å². The number of hydrogen-bond donors (Lipinski definition) is 1. The topological polar surface area (TPSA) is 81.7 Å². The van der Waals surface area contributed by atoms with Crippen LogP contribution >= 0.6 is 0 Å². The van der Waals surface area contributed by atoms with Gasteiger partial charge in [0.15, 0.2) is 12.4 Å². The number of carbonyl (C=O) groups excluding carboxylic acids is 3. The number of hydrogen-bond acceptors (Lipinski definition) is 5. The van der Waals surface area contributed by atoms with Gasteiger partial charge in [0.05, 0.1) is 13.5 Å². The lowest BCUT2D eigenvalue weighted by Gasteiger charge is -2.11. The van der Waals surface area contributed by atoms with Gasteiger partial charge in [-0.3, -0.25) is 14.4 Å². The molecule has 2 aromatic carbocycles. The fraction of sp³-hybridized carbons (Fsp3) is 0.348. The van der Waals surface area contributed by atoms with E-state index < -0.39 is 11.9 Å². The van der Waals surface area contributed by atoms with Gasteiger partial charge in [0.25, 0.3) is 5.91 Å². The third-order valence-corrected chi connectivity index (χ3v) is 4.76. The first-order valence-corrected chi connectivity index (χ1v) is 9.57. The summed E-state index contributed by atoms with van der Waals surface area (Å²) in [5.74, 6) is -0.164. The summed E-state index contributed by atoms with van der Waals surface area (Å²) in [4.78, 5) is 35.7. The number of rotatable bonds is 9. The molecule has 0 aliphatic heterocycles. The summed E-state index contributed by atoms with van der Waals surface area (Å²) in [6.07, 6.45) is 0.947. The van der Waals surface area contributed by atoms with Crippen molar-refractivity contribution in [2.75, 3.05) is 19.0 Å². The second-order valence-corrected chi connectivity index (χ2v) is 6.90. The van der Waals surface area contributed by atoms with Crippen LogP contribution in [0.5, 0.6) is 5.75 Å². The van der Waals surface area contributed by atoms with Gasteiger partial charge in [-0.05, 0) is 55.2 Å². The molecule has 0 saturated carbocycles. The molecule has 1 N–H and O–H groups in total. The molecule has 1 amide bonds. The lowest BCUT2D eigenvalue weighted by atomic mass is 9.99. The van der Waals surface area contributed by atoms with Gasteiger partial charge in [-0.15, -0.1) is 0 Å². The largest absolute Gasteiger partial charge is 0.496 e. The van der Waals surface area contributed by atoms with Gasteiger partial charge in [0, 0.05) is 16.8 Å². The van der Waals surface area contributed by atoms with Gasteiger partial charge < -0.3 is 14.8 Å². The van der Waals surface area contributed by atoms with Crippen LogP contribution in [-0.4, -0.2) is 31.4 Å². The van der Waals surface area contributed by atoms with Crippen LogP contribution in [0, 0.1) is 0 Å². The van der Waals surface area contributed by atoms with Crippen molar-refractivity contribution in [3.8, 4) is 5.75 Å². The van der Waals surface area contributed by atoms with Crippen molar-refractivity contribution in [2.24, 2.45) is 0 Å². The minimum atomic E-state index is -0.578. The molecular weight excluding hydrogens is 370 g/mol. The Morgan fingerprint density at radius 2 is 1.76 bits per heavy atom. The Balaban J connectivity index is 1.90. The van der Waals surface area contributed by atoms with Crippen molar-refractivity contribution < 1.29 is 23.9 Å². The second kappa shape index (κ2) is 10.4. The van der Waals surface area contributed by atoms with Crippen LogP contribution in [0.25, 0.3) is 0 Å². The zero-order chi connectivity index (χ0) is 21.4. The quantitative estimate of drug-likeness (QED) is 0.508. The zero-order valence-electron chi connectivity index (χ0n) is 17.3. The molecule has 0 heterocycles. The van der Waals surface area contributed by atoms with Crippen LogP contribution in [-0.2, 0) is 20.7 Å². The predicted molar refractivity (Wildman–Crippen MR) is 111 cm³/mol. The van der Waals surface area contributed by atoms with Crippen molar-refractivity contribution in [1.29, 1.82) is 0 Å². The molecule has 0 aromatic heterocycles. The maximum atomic E-state index is 12.1. The van der Waals surface area contributed by atoms with E-state index in [1.165, 1.54) is 19.6 Å². The first-order chi connectivity index (χ1) is 13.8. The molecule has 0 aliphatic rings. The van der Waals surface area contributed by atoms with Gasteiger partial charge in [-0.1, -0.05) is 26.0 Å². The number of carbonyl (C=O) groups is 3. The van der Waals surface area contributed by atoms with Crippen molar-refractivity contribution in [1.82, 2.24) is 0 Å². The maximum Gasteiger partial charge on any atom is 0.310 e. The molecule has 0 radical (unpaired) electrons. The summed E-state index contributed by atoms with van der Waals surface area (Å²) in [6, 6.07) is 12.5. The first-order valence-electron chi connectivity index (χ1n) is 9.57. The highest BCUT2D eigenvalue weighted by atomic mass is 16.5. The molecule has 0 aliphatic carbocycles. The Hall–Kier alpha value is -3.15. The molecule has 0 bridgehead atoms.